The van der Waals surface area contributed by atoms with Crippen molar-refractivity contribution in [3.8, 4) is 0 Å². The third kappa shape index (κ3) is 20.7. The van der Waals surface area contributed by atoms with Crippen molar-refractivity contribution in [3.63, 3.8) is 0 Å². The SMILES string of the molecule is CCCCCCCCCCCCCCCCCCOCc1cn(C(COCC(O)CO)COCC(O)CO)nn1. The van der Waals surface area contributed by atoms with Crippen molar-refractivity contribution in [2.45, 2.75) is 135 Å². The smallest absolute Gasteiger partial charge is 0.108 e. The number of aliphatic hydroxyl groups excluding tert-OH is 4. The summed E-state index contributed by atoms with van der Waals surface area (Å²) in [5.74, 6) is 0. The second-order valence-electron chi connectivity index (χ2n) is 10.9. The fourth-order valence-electron chi connectivity index (χ4n) is 4.47. The molecule has 0 saturated heterocycles. The minimum absolute atomic E-state index is 0.0176. The van der Waals surface area contributed by atoms with E-state index in [-0.39, 0.29) is 45.7 Å². The van der Waals surface area contributed by atoms with Crippen molar-refractivity contribution >= 4 is 0 Å². The van der Waals surface area contributed by atoms with Gasteiger partial charge in [-0.25, -0.2) is 4.68 Å². The van der Waals surface area contributed by atoms with Crippen LogP contribution < -0.4 is 0 Å². The average Bonchev–Trinajstić information content (AvgIpc) is 3.44. The summed E-state index contributed by atoms with van der Waals surface area (Å²) in [6.07, 6.45) is 21.4. The van der Waals surface area contributed by atoms with Crippen LogP contribution in [0.5, 0.6) is 0 Å². The maximum absolute atomic E-state index is 9.49. The van der Waals surface area contributed by atoms with Crippen molar-refractivity contribution in [1.29, 1.82) is 0 Å². The van der Waals surface area contributed by atoms with Crippen LogP contribution in [0, 0.1) is 0 Å². The Balaban J connectivity index is 2.09. The molecule has 0 spiro atoms. The number of ether oxygens (including phenoxy) is 3. The lowest BCUT2D eigenvalue weighted by Gasteiger charge is -2.19. The molecule has 2 unspecified atom stereocenters. The number of hydrogen-bond donors (Lipinski definition) is 4. The van der Waals surface area contributed by atoms with Gasteiger partial charge < -0.3 is 34.6 Å². The monoisotopic (exact) mass is 573 g/mol. The Morgan fingerprint density at radius 1 is 0.650 bits per heavy atom. The maximum atomic E-state index is 9.49. The van der Waals surface area contributed by atoms with E-state index in [1.54, 1.807) is 10.9 Å². The standard InChI is InChI=1S/C30H59N3O7/c1-2-3-4-5-6-7-8-9-10-11-12-13-14-15-16-17-18-38-22-27-19-33(32-31-27)28(23-39-25-29(36)20-34)24-40-26-30(37)21-35/h19,28-30,34-37H,2-18,20-26H2,1H3. The van der Waals surface area contributed by atoms with Gasteiger partial charge in [0.1, 0.15) is 23.9 Å². The van der Waals surface area contributed by atoms with Gasteiger partial charge in [-0.1, -0.05) is 108 Å². The lowest BCUT2D eigenvalue weighted by molar-refractivity contribution is -0.0339. The third-order valence-corrected chi connectivity index (χ3v) is 6.99. The Hall–Kier alpha value is -1.14. The van der Waals surface area contributed by atoms with E-state index in [1.807, 2.05) is 0 Å². The van der Waals surface area contributed by atoms with E-state index in [4.69, 9.17) is 24.4 Å². The number of aliphatic hydroxyl groups is 4. The molecule has 10 heteroatoms. The van der Waals surface area contributed by atoms with Crippen LogP contribution >= 0.6 is 0 Å². The second-order valence-corrected chi connectivity index (χ2v) is 10.9. The molecule has 236 valence electrons. The predicted octanol–water partition coefficient (Wildman–Crippen LogP) is 4.34. The van der Waals surface area contributed by atoms with Crippen LogP contribution in [0.3, 0.4) is 0 Å². The zero-order chi connectivity index (χ0) is 29.1. The van der Waals surface area contributed by atoms with Crippen LogP contribution in [0.15, 0.2) is 6.20 Å². The number of aromatic nitrogens is 3. The molecule has 1 aromatic rings. The molecule has 0 aliphatic rings. The summed E-state index contributed by atoms with van der Waals surface area (Å²) >= 11 is 0. The molecule has 0 amide bonds. The van der Waals surface area contributed by atoms with Gasteiger partial charge in [0.05, 0.1) is 52.4 Å². The minimum Gasteiger partial charge on any atom is -0.394 e. The number of rotatable bonds is 30. The number of unbranched alkanes of at least 4 members (excludes halogenated alkanes) is 15. The van der Waals surface area contributed by atoms with E-state index < -0.39 is 12.2 Å². The predicted molar refractivity (Wildman–Crippen MR) is 156 cm³/mol. The largest absolute Gasteiger partial charge is 0.394 e. The highest BCUT2D eigenvalue weighted by atomic mass is 16.5. The van der Waals surface area contributed by atoms with Crippen LogP contribution in [-0.4, -0.2) is 93.9 Å². The minimum atomic E-state index is -0.956. The summed E-state index contributed by atoms with van der Waals surface area (Å²) in [5, 5.41) is 45.2. The van der Waals surface area contributed by atoms with Crippen molar-refractivity contribution in [2.24, 2.45) is 0 Å². The summed E-state index contributed by atoms with van der Waals surface area (Å²) in [7, 11) is 0. The van der Waals surface area contributed by atoms with Gasteiger partial charge in [0.15, 0.2) is 0 Å². The Kier molecular flexibility index (Phi) is 24.7. The second kappa shape index (κ2) is 26.7. The quantitative estimate of drug-likeness (QED) is 0.0990. The van der Waals surface area contributed by atoms with Gasteiger partial charge >= 0.3 is 0 Å². The zero-order valence-corrected chi connectivity index (χ0v) is 25.1. The van der Waals surface area contributed by atoms with Crippen molar-refractivity contribution < 1.29 is 34.6 Å². The molecule has 1 heterocycles. The van der Waals surface area contributed by atoms with Crippen molar-refractivity contribution in [1.82, 2.24) is 15.0 Å². The van der Waals surface area contributed by atoms with Crippen molar-refractivity contribution in [3.05, 3.63) is 11.9 Å². The van der Waals surface area contributed by atoms with Gasteiger partial charge in [-0.05, 0) is 6.42 Å². The van der Waals surface area contributed by atoms with Gasteiger partial charge in [-0.15, -0.1) is 5.10 Å². The third-order valence-electron chi connectivity index (χ3n) is 6.99. The Bertz CT molecular complexity index is 649. The number of nitrogens with zero attached hydrogens (tertiary/aromatic N) is 3. The fraction of sp³-hybridized carbons (Fsp3) is 0.933. The van der Waals surface area contributed by atoms with E-state index in [2.05, 4.69) is 17.2 Å². The number of hydrogen-bond acceptors (Lipinski definition) is 9. The molecule has 0 aliphatic carbocycles. The first-order valence-corrected chi connectivity index (χ1v) is 15.8. The molecule has 40 heavy (non-hydrogen) atoms. The molecular formula is C30H59N3O7. The van der Waals surface area contributed by atoms with E-state index in [0.29, 0.717) is 18.9 Å². The highest BCUT2D eigenvalue weighted by molar-refractivity contribution is 4.91. The van der Waals surface area contributed by atoms with Crippen LogP contribution in [0.2, 0.25) is 0 Å². The first-order valence-electron chi connectivity index (χ1n) is 15.8. The van der Waals surface area contributed by atoms with Gasteiger partial charge in [0.25, 0.3) is 0 Å². The van der Waals surface area contributed by atoms with E-state index in [0.717, 1.165) is 6.42 Å². The van der Waals surface area contributed by atoms with Gasteiger partial charge in [-0.3, -0.25) is 0 Å². The molecule has 10 nitrogen and oxygen atoms in total. The average molecular weight is 574 g/mol. The zero-order valence-electron chi connectivity index (χ0n) is 25.1. The molecule has 0 radical (unpaired) electrons. The molecule has 0 aliphatic heterocycles. The summed E-state index contributed by atoms with van der Waals surface area (Å²) in [6.45, 7) is 2.90. The van der Waals surface area contributed by atoms with E-state index in [1.165, 1.54) is 96.3 Å². The Labute approximate surface area is 242 Å². The van der Waals surface area contributed by atoms with Crippen LogP contribution in [0.1, 0.15) is 121 Å². The molecule has 0 fully saturated rings. The molecular weight excluding hydrogens is 514 g/mol. The van der Waals surface area contributed by atoms with Crippen LogP contribution in [0.4, 0.5) is 0 Å². The van der Waals surface area contributed by atoms with Gasteiger partial charge in [-0.2, -0.15) is 0 Å². The highest BCUT2D eigenvalue weighted by Crippen LogP contribution is 2.14. The van der Waals surface area contributed by atoms with Gasteiger partial charge in [0.2, 0.25) is 0 Å². The van der Waals surface area contributed by atoms with Crippen LogP contribution in [0.25, 0.3) is 0 Å². The molecule has 0 bridgehead atoms. The normalized spacial score (nSPS) is 14.0. The Morgan fingerprint density at radius 2 is 1.10 bits per heavy atom. The summed E-state index contributed by atoms with van der Waals surface area (Å²) in [6, 6.07) is -0.349. The van der Waals surface area contributed by atoms with Crippen molar-refractivity contribution in [2.75, 3.05) is 46.2 Å². The van der Waals surface area contributed by atoms with Crippen LogP contribution in [-0.2, 0) is 20.8 Å². The fourth-order valence-corrected chi connectivity index (χ4v) is 4.47. The lowest BCUT2D eigenvalue weighted by Crippen LogP contribution is -2.28. The topological polar surface area (TPSA) is 139 Å². The summed E-state index contributed by atoms with van der Waals surface area (Å²) in [4.78, 5) is 0. The van der Waals surface area contributed by atoms with Gasteiger partial charge in [0, 0.05) is 6.61 Å². The Morgan fingerprint density at radius 3 is 1.55 bits per heavy atom. The molecule has 1 aromatic heterocycles. The van der Waals surface area contributed by atoms with E-state index >= 15 is 0 Å². The molecule has 1 rings (SSSR count). The molecule has 0 saturated carbocycles. The molecule has 2 atom stereocenters. The lowest BCUT2D eigenvalue weighted by atomic mass is 10.0. The summed E-state index contributed by atoms with van der Waals surface area (Å²) < 4.78 is 18.4. The highest BCUT2D eigenvalue weighted by Gasteiger charge is 2.16. The molecule has 4 N–H and O–H groups in total. The summed E-state index contributed by atoms with van der Waals surface area (Å²) in [5.41, 5.74) is 0.701. The maximum Gasteiger partial charge on any atom is 0.108 e. The molecule has 0 aromatic carbocycles. The first kappa shape index (κ1) is 36.9. The first-order chi connectivity index (χ1) is 19.6. The van der Waals surface area contributed by atoms with E-state index in [9.17, 15) is 10.2 Å².